The molecule has 0 spiro atoms. The van der Waals surface area contributed by atoms with Crippen LogP contribution >= 0.6 is 0 Å². The highest BCUT2D eigenvalue weighted by atomic mass is 16.5. The predicted octanol–water partition coefficient (Wildman–Crippen LogP) is 3.11. The van der Waals surface area contributed by atoms with Crippen LogP contribution in [-0.4, -0.2) is 50.7 Å². The zero-order valence-electron chi connectivity index (χ0n) is 16.1. The Kier molecular flexibility index (Phi) is 6.95. The van der Waals surface area contributed by atoms with Crippen molar-refractivity contribution in [3.63, 3.8) is 0 Å². The van der Waals surface area contributed by atoms with Gasteiger partial charge in [-0.15, -0.1) is 0 Å². The van der Waals surface area contributed by atoms with Gasteiger partial charge < -0.3 is 15.4 Å². The molecule has 2 N–H and O–H groups in total. The molecule has 1 atom stereocenters. The monoisotopic (exact) mass is 356 g/mol. The van der Waals surface area contributed by atoms with E-state index in [0.29, 0.717) is 12.1 Å². The summed E-state index contributed by atoms with van der Waals surface area (Å²) in [6, 6.07) is 9.32. The van der Waals surface area contributed by atoms with Crippen LogP contribution in [0.15, 0.2) is 41.4 Å². The molecule has 1 aromatic rings. The van der Waals surface area contributed by atoms with Crippen molar-refractivity contribution in [1.82, 2.24) is 15.5 Å². The lowest BCUT2D eigenvalue weighted by molar-refractivity contribution is 0.164. The minimum absolute atomic E-state index is 0.349. The quantitative estimate of drug-likeness (QED) is 0.467. The number of likely N-dealkylation sites (tertiary alicyclic amines) is 1. The van der Waals surface area contributed by atoms with Crippen LogP contribution < -0.4 is 15.4 Å². The number of rotatable bonds is 6. The summed E-state index contributed by atoms with van der Waals surface area (Å²) >= 11 is 0. The van der Waals surface area contributed by atoms with E-state index in [1.807, 2.05) is 7.05 Å². The van der Waals surface area contributed by atoms with Crippen molar-refractivity contribution >= 4 is 5.96 Å². The van der Waals surface area contributed by atoms with Crippen LogP contribution in [0.3, 0.4) is 0 Å². The third kappa shape index (κ3) is 5.01. The van der Waals surface area contributed by atoms with Crippen LogP contribution in [-0.2, 0) is 0 Å². The van der Waals surface area contributed by atoms with E-state index >= 15 is 0 Å². The van der Waals surface area contributed by atoms with Crippen LogP contribution in [0.2, 0.25) is 0 Å². The molecule has 2 aliphatic rings. The summed E-state index contributed by atoms with van der Waals surface area (Å²) in [6.45, 7) is 3.18. The fraction of sp³-hybridized carbons (Fsp3) is 0.571. The third-order valence-electron chi connectivity index (χ3n) is 5.37. The van der Waals surface area contributed by atoms with Gasteiger partial charge in [0.15, 0.2) is 5.96 Å². The van der Waals surface area contributed by atoms with Crippen molar-refractivity contribution in [3.05, 3.63) is 42.0 Å². The first kappa shape index (κ1) is 18.8. The van der Waals surface area contributed by atoms with Crippen LogP contribution in [0.5, 0.6) is 5.75 Å². The summed E-state index contributed by atoms with van der Waals surface area (Å²) in [4.78, 5) is 7.02. The number of guanidine groups is 1. The number of methoxy groups -OCH3 is 1. The number of benzene rings is 1. The van der Waals surface area contributed by atoms with Crippen molar-refractivity contribution in [1.29, 1.82) is 0 Å². The molecular weight excluding hydrogens is 324 g/mol. The second kappa shape index (κ2) is 9.62. The summed E-state index contributed by atoms with van der Waals surface area (Å²) in [5, 5.41) is 7.09. The lowest BCUT2D eigenvalue weighted by Crippen LogP contribution is -2.46. The van der Waals surface area contributed by atoms with Crippen LogP contribution in [0.4, 0.5) is 0 Å². The Hall–Kier alpha value is -2.01. The molecule has 5 heteroatoms. The Bertz CT molecular complexity index is 597. The van der Waals surface area contributed by atoms with Gasteiger partial charge in [-0.1, -0.05) is 30.7 Å². The molecule has 0 radical (unpaired) electrons. The Morgan fingerprint density at radius 2 is 1.85 bits per heavy atom. The van der Waals surface area contributed by atoms with E-state index < -0.39 is 0 Å². The van der Waals surface area contributed by atoms with Gasteiger partial charge in [-0.25, -0.2) is 0 Å². The van der Waals surface area contributed by atoms with Gasteiger partial charge in [0.2, 0.25) is 0 Å². The molecule has 1 aliphatic heterocycles. The van der Waals surface area contributed by atoms with E-state index in [4.69, 9.17) is 4.74 Å². The van der Waals surface area contributed by atoms with E-state index in [1.54, 1.807) is 7.11 Å². The van der Waals surface area contributed by atoms with Gasteiger partial charge in [-0.2, -0.15) is 0 Å². The molecule has 0 saturated carbocycles. The molecule has 3 rings (SSSR count). The van der Waals surface area contributed by atoms with E-state index in [2.05, 4.69) is 56.9 Å². The van der Waals surface area contributed by atoms with Crippen LogP contribution in [0.25, 0.3) is 0 Å². The van der Waals surface area contributed by atoms with Gasteiger partial charge in [-0.3, -0.25) is 9.89 Å². The molecule has 1 fully saturated rings. The average Bonchev–Trinajstić information content (AvgIpc) is 3.21. The molecule has 5 nitrogen and oxygen atoms in total. The van der Waals surface area contributed by atoms with Gasteiger partial charge in [0.25, 0.3) is 0 Å². The first-order valence-corrected chi connectivity index (χ1v) is 9.80. The molecule has 1 unspecified atom stereocenters. The molecule has 142 valence electrons. The summed E-state index contributed by atoms with van der Waals surface area (Å²) in [5.74, 6) is 1.81. The number of hydrogen-bond acceptors (Lipinski definition) is 3. The number of aliphatic imine (C=N–C) groups is 1. The normalized spacial score (nSPS) is 20.2. The molecule has 1 aliphatic carbocycles. The van der Waals surface area contributed by atoms with Crippen molar-refractivity contribution in [2.45, 2.75) is 44.2 Å². The summed E-state index contributed by atoms with van der Waals surface area (Å²) in [5.41, 5.74) is 1.33. The Morgan fingerprint density at radius 3 is 2.46 bits per heavy atom. The molecule has 0 amide bonds. The van der Waals surface area contributed by atoms with Gasteiger partial charge >= 0.3 is 0 Å². The van der Waals surface area contributed by atoms with Crippen molar-refractivity contribution in [3.8, 4) is 5.75 Å². The molecular formula is C21H32N4O. The molecule has 0 bridgehead atoms. The zero-order valence-corrected chi connectivity index (χ0v) is 16.1. The molecule has 0 aromatic heterocycles. The van der Waals surface area contributed by atoms with Gasteiger partial charge in [-0.05, 0) is 56.5 Å². The van der Waals surface area contributed by atoms with Crippen molar-refractivity contribution in [2.24, 2.45) is 4.99 Å². The van der Waals surface area contributed by atoms with Gasteiger partial charge in [0.05, 0.1) is 13.2 Å². The van der Waals surface area contributed by atoms with Gasteiger partial charge in [0.1, 0.15) is 5.75 Å². The maximum atomic E-state index is 5.32. The zero-order chi connectivity index (χ0) is 18.2. The smallest absolute Gasteiger partial charge is 0.191 e. The minimum Gasteiger partial charge on any atom is -0.497 e. The lowest BCUT2D eigenvalue weighted by atomic mass is 10.0. The summed E-state index contributed by atoms with van der Waals surface area (Å²) in [7, 11) is 3.56. The Balaban J connectivity index is 1.65. The maximum absolute atomic E-state index is 5.32. The number of piperidine rings is 1. The van der Waals surface area contributed by atoms with E-state index in [0.717, 1.165) is 44.2 Å². The fourth-order valence-electron chi connectivity index (χ4n) is 3.83. The van der Waals surface area contributed by atoms with Crippen molar-refractivity contribution < 1.29 is 4.74 Å². The summed E-state index contributed by atoms with van der Waals surface area (Å²) < 4.78 is 5.32. The Labute approximate surface area is 157 Å². The summed E-state index contributed by atoms with van der Waals surface area (Å²) in [6.07, 6.45) is 10.5. The molecule has 1 heterocycles. The fourth-order valence-corrected chi connectivity index (χ4v) is 3.83. The lowest BCUT2D eigenvalue weighted by Gasteiger charge is -2.35. The number of nitrogens with zero attached hydrogens (tertiary/aromatic N) is 2. The second-order valence-corrected chi connectivity index (χ2v) is 7.12. The SMILES string of the molecule is CN=C(NCC(c1ccc(OC)cc1)N1CCCCC1)NC1CC=CC1. The van der Waals surface area contributed by atoms with E-state index in [-0.39, 0.29) is 0 Å². The third-order valence-corrected chi connectivity index (χ3v) is 5.37. The number of hydrogen-bond donors (Lipinski definition) is 2. The number of nitrogens with one attached hydrogen (secondary N) is 2. The van der Waals surface area contributed by atoms with E-state index in [9.17, 15) is 0 Å². The van der Waals surface area contributed by atoms with Gasteiger partial charge in [0, 0.05) is 19.6 Å². The van der Waals surface area contributed by atoms with Crippen LogP contribution in [0, 0.1) is 0 Å². The predicted molar refractivity (Wildman–Crippen MR) is 108 cm³/mol. The number of ether oxygens (including phenoxy) is 1. The highest BCUT2D eigenvalue weighted by Gasteiger charge is 2.23. The first-order chi connectivity index (χ1) is 12.8. The second-order valence-electron chi connectivity index (χ2n) is 7.12. The minimum atomic E-state index is 0.349. The standard InChI is InChI=1S/C21H32N4O/c1-22-21(24-18-8-4-5-9-18)23-16-20(25-14-6-3-7-15-25)17-10-12-19(26-2)13-11-17/h4-5,10-13,18,20H,3,6-9,14-16H2,1-2H3,(H2,22,23,24). The maximum Gasteiger partial charge on any atom is 0.191 e. The molecule has 26 heavy (non-hydrogen) atoms. The first-order valence-electron chi connectivity index (χ1n) is 9.80. The van der Waals surface area contributed by atoms with E-state index in [1.165, 1.54) is 24.8 Å². The Morgan fingerprint density at radius 1 is 1.15 bits per heavy atom. The highest BCUT2D eigenvalue weighted by Crippen LogP contribution is 2.25. The highest BCUT2D eigenvalue weighted by molar-refractivity contribution is 5.80. The average molecular weight is 357 g/mol. The van der Waals surface area contributed by atoms with Crippen molar-refractivity contribution in [2.75, 3.05) is 33.8 Å². The molecule has 1 aromatic carbocycles. The largest absolute Gasteiger partial charge is 0.497 e. The topological polar surface area (TPSA) is 48.9 Å². The molecule has 1 saturated heterocycles. The van der Waals surface area contributed by atoms with Crippen LogP contribution in [0.1, 0.15) is 43.7 Å².